The molecular weight excluding hydrogens is 898 g/mol. The molecule has 0 radical (unpaired) electrons. The zero-order valence-electron chi connectivity index (χ0n) is 38.3. The summed E-state index contributed by atoms with van der Waals surface area (Å²) in [5.41, 5.74) is 10.4. The normalized spacial score (nSPS) is 13.0. The Morgan fingerprint density at radius 2 is 0.417 bits per heavy atom. The highest BCUT2D eigenvalue weighted by molar-refractivity contribution is 6.11. The number of fused-ring (bicyclic) bond motifs is 6. The van der Waals surface area contributed by atoms with Gasteiger partial charge in [-0.3, -0.25) is 14.7 Å². The van der Waals surface area contributed by atoms with Crippen LogP contribution in [-0.2, 0) is 0 Å². The summed E-state index contributed by atoms with van der Waals surface area (Å²) < 4.78 is 51.7. The number of halogens is 3. The van der Waals surface area contributed by atoms with Crippen molar-refractivity contribution in [2.24, 2.45) is 0 Å². The van der Waals surface area contributed by atoms with E-state index in [1.807, 2.05) is 215 Å². The van der Waals surface area contributed by atoms with Gasteiger partial charge < -0.3 is 0 Å². The summed E-state index contributed by atoms with van der Waals surface area (Å²) >= 11 is 0. The first-order chi connectivity index (χ1) is 35.5. The maximum absolute atomic E-state index is 17.2. The molecule has 4 heterocycles. The molecule has 9 heteroatoms. The molecule has 0 amide bonds. The van der Waals surface area contributed by atoms with E-state index in [9.17, 15) is 0 Å². The van der Waals surface area contributed by atoms with E-state index in [0.717, 1.165) is 0 Å². The van der Waals surface area contributed by atoms with E-state index in [0.29, 0.717) is 101 Å². The SMILES string of the molecule is FC(=C1c2ccccc2N(c2nc(N3c4ccccc4C(=C(F)c4ccccc4)c4ccccc43)nc(N3c4ccccc4C(=C(F)c4ccccc4)c4ccccc43)n2)c2ccccc21)c1ccccc1. The maximum atomic E-state index is 17.2. The van der Waals surface area contributed by atoms with E-state index in [-0.39, 0.29) is 35.3 Å². The highest BCUT2D eigenvalue weighted by atomic mass is 19.1. The van der Waals surface area contributed by atoms with E-state index in [2.05, 4.69) is 0 Å². The van der Waals surface area contributed by atoms with Crippen LogP contribution in [0.15, 0.2) is 237 Å². The molecule has 0 saturated carbocycles. The second-order valence-corrected chi connectivity index (χ2v) is 17.5. The van der Waals surface area contributed by atoms with Crippen molar-refractivity contribution in [3.05, 3.63) is 287 Å². The van der Waals surface area contributed by atoms with Gasteiger partial charge in [0.15, 0.2) is 0 Å². The topological polar surface area (TPSA) is 48.4 Å². The predicted octanol–water partition coefficient (Wildman–Crippen LogP) is 16.9. The van der Waals surface area contributed by atoms with E-state index in [1.165, 1.54) is 0 Å². The summed E-state index contributed by atoms with van der Waals surface area (Å²) in [6.07, 6.45) is 0. The fourth-order valence-electron chi connectivity index (χ4n) is 10.3. The van der Waals surface area contributed by atoms with E-state index in [4.69, 9.17) is 15.0 Å². The summed E-state index contributed by atoms with van der Waals surface area (Å²) in [5.74, 6) is -0.414. The molecule has 0 bridgehead atoms. The van der Waals surface area contributed by atoms with Crippen molar-refractivity contribution in [1.29, 1.82) is 0 Å². The number of hydrogen-bond donors (Lipinski definition) is 0. The third-order valence-electron chi connectivity index (χ3n) is 13.4. The number of benzene rings is 9. The molecule has 9 aromatic carbocycles. The second kappa shape index (κ2) is 17.4. The Morgan fingerprint density at radius 1 is 0.236 bits per heavy atom. The lowest BCUT2D eigenvalue weighted by Gasteiger charge is -2.37. The minimum absolute atomic E-state index is 0.229. The molecular formula is C63H39F3N6. The Morgan fingerprint density at radius 3 is 0.625 bits per heavy atom. The minimum Gasteiger partial charge on any atom is -0.278 e. The number of rotatable bonds is 6. The minimum atomic E-state index is -0.367. The van der Waals surface area contributed by atoms with Crippen LogP contribution < -0.4 is 14.7 Å². The largest absolute Gasteiger partial charge is 0.278 e. The first-order valence-electron chi connectivity index (χ1n) is 23.6. The van der Waals surface area contributed by atoms with Gasteiger partial charge >= 0.3 is 0 Å². The molecule has 0 aliphatic carbocycles. The Hall–Kier alpha value is -9.60. The van der Waals surface area contributed by atoms with Crippen molar-refractivity contribution in [3.63, 3.8) is 0 Å². The molecule has 6 nitrogen and oxygen atoms in total. The molecule has 72 heavy (non-hydrogen) atoms. The summed E-state index contributed by atoms with van der Waals surface area (Å²) in [6, 6.07) is 73.2. The molecule has 0 fully saturated rings. The lowest BCUT2D eigenvalue weighted by atomic mass is 9.88. The van der Waals surface area contributed by atoms with Crippen LogP contribution in [0.2, 0.25) is 0 Å². The van der Waals surface area contributed by atoms with Crippen LogP contribution in [0.3, 0.4) is 0 Å². The van der Waals surface area contributed by atoms with Crippen LogP contribution in [0, 0.1) is 0 Å². The molecule has 0 spiro atoms. The van der Waals surface area contributed by atoms with E-state index in [1.54, 1.807) is 36.4 Å². The standard InChI is InChI=1S/C63H39F3N6/c64-58(40-22-4-1-5-23-40)55-43-28-10-16-34-49(43)70(50-35-17-11-29-44(50)55)61-67-62(71-51-36-18-12-30-45(51)56(46-31-13-19-37-52(46)71)59(65)41-24-6-2-7-25-41)69-63(68-61)72-53-38-20-14-32-47(53)57(48-33-15-21-39-54(48)72)60(66)42-26-8-3-9-27-42/h1-39H. The molecule has 0 unspecified atom stereocenters. The fourth-order valence-corrected chi connectivity index (χ4v) is 10.3. The Bertz CT molecular complexity index is 3310. The van der Waals surface area contributed by atoms with Crippen LogP contribution in [0.5, 0.6) is 0 Å². The first kappa shape index (κ1) is 42.5. The number of anilines is 9. The monoisotopic (exact) mass is 936 g/mol. The van der Waals surface area contributed by atoms with Crippen molar-refractivity contribution < 1.29 is 13.2 Å². The van der Waals surface area contributed by atoms with Gasteiger partial charge in [0, 0.05) is 66.8 Å². The van der Waals surface area contributed by atoms with Crippen molar-refractivity contribution >= 4 is 86.2 Å². The zero-order chi connectivity index (χ0) is 48.3. The number of aromatic nitrogens is 3. The molecule has 0 saturated heterocycles. The predicted molar refractivity (Wildman–Crippen MR) is 284 cm³/mol. The molecule has 1 aromatic heterocycles. The molecule has 0 N–H and O–H groups in total. The average molecular weight is 937 g/mol. The molecule has 3 aliphatic heterocycles. The lowest BCUT2D eigenvalue weighted by molar-refractivity contribution is 0.761. The third kappa shape index (κ3) is 6.85. The van der Waals surface area contributed by atoms with Crippen LogP contribution >= 0.6 is 0 Å². The van der Waals surface area contributed by atoms with Gasteiger partial charge in [0.05, 0.1) is 34.1 Å². The van der Waals surface area contributed by atoms with Gasteiger partial charge in [-0.05, 0) is 36.4 Å². The second-order valence-electron chi connectivity index (χ2n) is 17.5. The molecule has 10 aromatic rings. The quantitative estimate of drug-likeness (QED) is 0.166. The zero-order valence-corrected chi connectivity index (χ0v) is 38.3. The Labute approximate surface area is 413 Å². The smallest absolute Gasteiger partial charge is 0.241 e. The molecule has 3 aliphatic rings. The maximum Gasteiger partial charge on any atom is 0.241 e. The number of hydrogen-bond acceptors (Lipinski definition) is 6. The van der Waals surface area contributed by atoms with Crippen molar-refractivity contribution in [3.8, 4) is 0 Å². The Kier molecular flexibility index (Phi) is 10.3. The van der Waals surface area contributed by atoms with Gasteiger partial charge in [-0.2, -0.15) is 15.0 Å². The summed E-state index contributed by atoms with van der Waals surface area (Å²) in [4.78, 5) is 22.2. The number of nitrogens with zero attached hydrogens (tertiary/aromatic N) is 6. The van der Waals surface area contributed by atoms with Crippen LogP contribution in [-0.4, -0.2) is 15.0 Å². The van der Waals surface area contributed by atoms with E-state index >= 15 is 13.2 Å². The average Bonchev–Trinajstić information content (AvgIpc) is 3.45. The molecule has 342 valence electrons. The Balaban J connectivity index is 1.10. The highest BCUT2D eigenvalue weighted by Gasteiger charge is 2.38. The van der Waals surface area contributed by atoms with Gasteiger partial charge in [0.1, 0.15) is 17.5 Å². The first-order valence-corrected chi connectivity index (χ1v) is 23.6. The lowest BCUT2D eigenvalue weighted by Crippen LogP contribution is -2.27. The molecule has 0 atom stereocenters. The number of para-hydroxylation sites is 6. The highest BCUT2D eigenvalue weighted by Crippen LogP contribution is 2.55. The molecule has 13 rings (SSSR count). The fraction of sp³-hybridized carbons (Fsp3) is 0. The summed E-state index contributed by atoms with van der Waals surface area (Å²) in [7, 11) is 0. The van der Waals surface area contributed by atoms with E-state index < -0.39 is 0 Å². The third-order valence-corrected chi connectivity index (χ3v) is 13.4. The summed E-state index contributed by atoms with van der Waals surface area (Å²) in [6.45, 7) is 0. The van der Waals surface area contributed by atoms with Gasteiger partial charge in [0.2, 0.25) is 17.8 Å². The summed E-state index contributed by atoms with van der Waals surface area (Å²) in [5, 5.41) is 0. The van der Waals surface area contributed by atoms with Gasteiger partial charge in [-0.25, -0.2) is 13.2 Å². The van der Waals surface area contributed by atoms with Crippen LogP contribution in [0.4, 0.5) is 65.1 Å². The van der Waals surface area contributed by atoms with Crippen molar-refractivity contribution in [2.75, 3.05) is 14.7 Å². The van der Waals surface area contributed by atoms with Crippen LogP contribution in [0.25, 0.3) is 34.2 Å². The van der Waals surface area contributed by atoms with Crippen molar-refractivity contribution in [2.45, 2.75) is 0 Å². The van der Waals surface area contributed by atoms with Gasteiger partial charge in [-0.1, -0.05) is 200 Å². The van der Waals surface area contributed by atoms with Gasteiger partial charge in [-0.15, -0.1) is 0 Å². The van der Waals surface area contributed by atoms with Gasteiger partial charge in [0.25, 0.3) is 0 Å². The van der Waals surface area contributed by atoms with Crippen LogP contribution in [0.1, 0.15) is 50.1 Å². The van der Waals surface area contributed by atoms with Crippen molar-refractivity contribution in [1.82, 2.24) is 15.0 Å².